The lowest BCUT2D eigenvalue weighted by molar-refractivity contribution is -0.287. The molecule has 0 bridgehead atoms. The van der Waals surface area contributed by atoms with E-state index in [0.29, 0.717) is 0 Å². The van der Waals surface area contributed by atoms with E-state index >= 15 is 0 Å². The first-order valence-corrected chi connectivity index (χ1v) is 4.68. The van der Waals surface area contributed by atoms with Gasteiger partial charge in [-0.1, -0.05) is 6.92 Å². The van der Waals surface area contributed by atoms with Gasteiger partial charge in [0, 0.05) is 19.6 Å². The van der Waals surface area contributed by atoms with E-state index in [1.807, 2.05) is 0 Å². The van der Waals surface area contributed by atoms with E-state index < -0.39 is 24.8 Å². The van der Waals surface area contributed by atoms with Gasteiger partial charge >= 0.3 is 12.4 Å². The lowest BCUT2D eigenvalue weighted by atomic mass is 10.1. The third-order valence-corrected chi connectivity index (χ3v) is 2.12. The Labute approximate surface area is 89.4 Å². The molecule has 0 aromatic heterocycles. The fourth-order valence-corrected chi connectivity index (χ4v) is 1.21. The van der Waals surface area contributed by atoms with Gasteiger partial charge in [-0.25, -0.2) is 0 Å². The molecule has 0 saturated heterocycles. The summed E-state index contributed by atoms with van der Waals surface area (Å²) in [6.07, 6.45) is -10.6. The van der Waals surface area contributed by atoms with Crippen molar-refractivity contribution >= 4 is 0 Å². The van der Waals surface area contributed by atoms with Crippen molar-refractivity contribution < 1.29 is 26.3 Å². The Morgan fingerprint density at radius 1 is 1.06 bits per heavy atom. The van der Waals surface area contributed by atoms with Gasteiger partial charge in [-0.2, -0.15) is 26.3 Å². The molecule has 0 saturated carbocycles. The molecule has 0 heterocycles. The lowest BCUT2D eigenvalue weighted by Gasteiger charge is -2.28. The first-order valence-electron chi connectivity index (χ1n) is 4.68. The van der Waals surface area contributed by atoms with Gasteiger partial charge in [-0.15, -0.1) is 0 Å². The highest BCUT2D eigenvalue weighted by atomic mass is 19.4. The van der Waals surface area contributed by atoms with E-state index in [1.54, 1.807) is 0 Å². The van der Waals surface area contributed by atoms with Crippen molar-refractivity contribution in [3.63, 3.8) is 0 Å². The summed E-state index contributed by atoms with van der Waals surface area (Å²) in [5.74, 6) is -3.31. The van der Waals surface area contributed by atoms with E-state index in [-0.39, 0.29) is 19.6 Å². The van der Waals surface area contributed by atoms with E-state index in [4.69, 9.17) is 5.73 Å². The van der Waals surface area contributed by atoms with E-state index in [9.17, 15) is 26.3 Å². The molecule has 0 aliphatic carbocycles. The summed E-state index contributed by atoms with van der Waals surface area (Å²) in [6, 6.07) is 0. The highest BCUT2D eigenvalue weighted by molar-refractivity contribution is 4.78. The minimum Gasteiger partial charge on any atom is -0.329 e. The van der Waals surface area contributed by atoms with Crippen molar-refractivity contribution in [2.24, 2.45) is 11.7 Å². The van der Waals surface area contributed by atoms with Crippen molar-refractivity contribution in [2.45, 2.75) is 19.3 Å². The van der Waals surface area contributed by atoms with Gasteiger partial charge in [0.25, 0.3) is 0 Å². The quantitative estimate of drug-likeness (QED) is 0.758. The van der Waals surface area contributed by atoms with Crippen LogP contribution in [0.1, 0.15) is 6.92 Å². The largest absolute Gasteiger partial charge is 0.401 e. The average Bonchev–Trinajstić information content (AvgIpc) is 2.07. The molecule has 0 fully saturated rings. The second kappa shape index (κ2) is 5.72. The van der Waals surface area contributed by atoms with Crippen LogP contribution in [0.2, 0.25) is 0 Å². The van der Waals surface area contributed by atoms with Crippen LogP contribution in [0.25, 0.3) is 0 Å². The molecule has 0 aromatic rings. The normalized spacial score (nSPS) is 13.9. The molecule has 8 heteroatoms. The molecule has 0 aliphatic heterocycles. The van der Waals surface area contributed by atoms with Gasteiger partial charge in [0.15, 0.2) is 5.92 Å². The molecule has 0 spiro atoms. The fraction of sp³-hybridized carbons (Fsp3) is 1.00. The summed E-state index contributed by atoms with van der Waals surface area (Å²) < 4.78 is 73.1. The van der Waals surface area contributed by atoms with Gasteiger partial charge in [-0.3, -0.25) is 0 Å². The highest BCUT2D eigenvalue weighted by Crippen LogP contribution is 2.39. The van der Waals surface area contributed by atoms with Crippen LogP contribution in [0.3, 0.4) is 0 Å². The third kappa shape index (κ3) is 5.02. The number of hydrogen-bond donors (Lipinski definition) is 1. The SMILES string of the molecule is CCN(CCN)CC(C(F)(F)F)C(F)(F)F. The van der Waals surface area contributed by atoms with Crippen molar-refractivity contribution in [3.05, 3.63) is 0 Å². The minimum atomic E-state index is -5.28. The molecule has 2 N–H and O–H groups in total. The zero-order valence-electron chi connectivity index (χ0n) is 8.70. The lowest BCUT2D eigenvalue weighted by Crippen LogP contribution is -2.46. The van der Waals surface area contributed by atoms with Gasteiger partial charge in [0.05, 0.1) is 0 Å². The molecule has 0 unspecified atom stereocenters. The van der Waals surface area contributed by atoms with Crippen LogP contribution in [-0.2, 0) is 0 Å². The molecular formula is C8H14F6N2. The Balaban J connectivity index is 4.67. The number of alkyl halides is 6. The smallest absolute Gasteiger partial charge is 0.329 e. The van der Waals surface area contributed by atoms with Crippen LogP contribution in [0.15, 0.2) is 0 Å². The molecule has 0 aliphatic rings. The molecule has 0 amide bonds. The highest BCUT2D eigenvalue weighted by Gasteiger charge is 2.56. The minimum absolute atomic E-state index is 0.0131. The topological polar surface area (TPSA) is 29.3 Å². The number of rotatable bonds is 5. The zero-order valence-corrected chi connectivity index (χ0v) is 8.70. The molecule has 2 nitrogen and oxygen atoms in total. The first kappa shape index (κ1) is 15.5. The zero-order chi connectivity index (χ0) is 13.0. The monoisotopic (exact) mass is 252 g/mol. The molecule has 0 rings (SSSR count). The Bertz CT molecular complexity index is 186. The maximum Gasteiger partial charge on any atom is 0.401 e. The van der Waals surface area contributed by atoms with Crippen molar-refractivity contribution in [1.82, 2.24) is 4.90 Å². The van der Waals surface area contributed by atoms with Crippen LogP contribution < -0.4 is 5.73 Å². The molecule has 16 heavy (non-hydrogen) atoms. The van der Waals surface area contributed by atoms with Crippen LogP contribution in [0.5, 0.6) is 0 Å². The maximum atomic E-state index is 12.2. The Hall–Kier alpha value is -0.500. The van der Waals surface area contributed by atoms with Gasteiger partial charge in [0.2, 0.25) is 0 Å². The molecule has 98 valence electrons. The van der Waals surface area contributed by atoms with Gasteiger partial charge < -0.3 is 10.6 Å². The summed E-state index contributed by atoms with van der Waals surface area (Å²) >= 11 is 0. The van der Waals surface area contributed by atoms with Crippen molar-refractivity contribution in [2.75, 3.05) is 26.2 Å². The standard InChI is InChI=1S/C8H14F6N2/c1-2-16(4-3-15)5-6(7(9,10)11)8(12,13)14/h6H,2-5,15H2,1H3. The summed E-state index contributed by atoms with van der Waals surface area (Å²) in [7, 11) is 0. The van der Waals surface area contributed by atoms with Crippen LogP contribution in [-0.4, -0.2) is 43.4 Å². The van der Waals surface area contributed by atoms with Crippen LogP contribution in [0.4, 0.5) is 26.3 Å². The molecule has 0 aromatic carbocycles. The predicted molar refractivity (Wildman–Crippen MR) is 46.8 cm³/mol. The number of halogens is 6. The third-order valence-electron chi connectivity index (χ3n) is 2.12. The van der Waals surface area contributed by atoms with Crippen molar-refractivity contribution in [1.29, 1.82) is 0 Å². The molecule has 0 radical (unpaired) electrons. The fourth-order valence-electron chi connectivity index (χ4n) is 1.21. The number of hydrogen-bond acceptors (Lipinski definition) is 2. The van der Waals surface area contributed by atoms with Crippen LogP contribution >= 0.6 is 0 Å². The summed E-state index contributed by atoms with van der Waals surface area (Å²) in [5, 5.41) is 0. The Morgan fingerprint density at radius 3 is 1.75 bits per heavy atom. The Kier molecular flexibility index (Phi) is 5.54. The molecular weight excluding hydrogens is 238 g/mol. The summed E-state index contributed by atoms with van der Waals surface area (Å²) in [5.41, 5.74) is 5.09. The second-order valence-corrected chi connectivity index (χ2v) is 3.32. The van der Waals surface area contributed by atoms with Crippen LogP contribution in [0, 0.1) is 5.92 Å². The summed E-state index contributed by atoms with van der Waals surface area (Å²) in [6.45, 7) is 0.523. The number of nitrogens with zero attached hydrogens (tertiary/aromatic N) is 1. The van der Waals surface area contributed by atoms with E-state index in [0.717, 1.165) is 4.90 Å². The second-order valence-electron chi connectivity index (χ2n) is 3.32. The van der Waals surface area contributed by atoms with E-state index in [2.05, 4.69) is 0 Å². The number of likely N-dealkylation sites (N-methyl/N-ethyl adjacent to an activating group) is 1. The van der Waals surface area contributed by atoms with Crippen molar-refractivity contribution in [3.8, 4) is 0 Å². The van der Waals surface area contributed by atoms with Gasteiger partial charge in [0.1, 0.15) is 0 Å². The summed E-state index contributed by atoms with van der Waals surface area (Å²) in [4.78, 5) is 1.03. The Morgan fingerprint density at radius 2 is 1.50 bits per heavy atom. The number of nitrogens with two attached hydrogens (primary N) is 1. The molecule has 0 atom stereocenters. The maximum absolute atomic E-state index is 12.2. The average molecular weight is 252 g/mol. The van der Waals surface area contributed by atoms with Gasteiger partial charge in [-0.05, 0) is 6.54 Å². The van der Waals surface area contributed by atoms with E-state index in [1.165, 1.54) is 6.92 Å². The predicted octanol–water partition coefficient (Wildman–Crippen LogP) is 2.01. The first-order chi connectivity index (χ1) is 7.12.